The third kappa shape index (κ3) is 5.36. The molecule has 1 aliphatic heterocycles. The van der Waals surface area contributed by atoms with Gasteiger partial charge in [0.1, 0.15) is 0 Å². The number of morpholine rings is 1. The molecule has 17 heavy (non-hydrogen) atoms. The summed E-state index contributed by atoms with van der Waals surface area (Å²) < 4.78 is 5.61. The first-order valence-electron chi connectivity index (χ1n) is 7.22. The van der Waals surface area contributed by atoms with Crippen LogP contribution in [0.1, 0.15) is 40.5 Å². The van der Waals surface area contributed by atoms with Crippen molar-refractivity contribution >= 4 is 0 Å². The molecule has 102 valence electrons. The van der Waals surface area contributed by atoms with Crippen LogP contribution in [-0.4, -0.2) is 49.8 Å². The predicted octanol–water partition coefficient (Wildman–Crippen LogP) is 2.12. The molecule has 3 nitrogen and oxygen atoms in total. The highest BCUT2D eigenvalue weighted by Gasteiger charge is 2.24. The van der Waals surface area contributed by atoms with E-state index in [0.717, 1.165) is 32.2 Å². The first-order chi connectivity index (χ1) is 8.17. The Morgan fingerprint density at radius 1 is 1.29 bits per heavy atom. The van der Waals surface area contributed by atoms with E-state index >= 15 is 0 Å². The molecule has 0 bridgehead atoms. The molecule has 0 aromatic heterocycles. The van der Waals surface area contributed by atoms with Crippen LogP contribution in [0.3, 0.4) is 0 Å². The summed E-state index contributed by atoms with van der Waals surface area (Å²) in [6.45, 7) is 14.2. The maximum Gasteiger partial charge on any atom is 0.0634 e. The molecule has 0 aliphatic carbocycles. The molecule has 0 aromatic rings. The van der Waals surface area contributed by atoms with Gasteiger partial charge in [-0.1, -0.05) is 40.5 Å². The van der Waals surface area contributed by atoms with E-state index in [0.29, 0.717) is 12.1 Å². The fraction of sp³-hybridized carbons (Fsp3) is 1.00. The van der Waals surface area contributed by atoms with Gasteiger partial charge in [0.25, 0.3) is 0 Å². The zero-order valence-electron chi connectivity index (χ0n) is 12.0. The Bertz CT molecular complexity index is 193. The topological polar surface area (TPSA) is 24.5 Å². The molecule has 3 heteroatoms. The Labute approximate surface area is 107 Å². The number of hydrogen-bond donors (Lipinski definition) is 1. The molecule has 1 heterocycles. The van der Waals surface area contributed by atoms with Crippen LogP contribution in [0.4, 0.5) is 0 Å². The third-order valence-corrected chi connectivity index (χ3v) is 3.76. The molecule has 0 saturated carbocycles. The van der Waals surface area contributed by atoms with Crippen LogP contribution < -0.4 is 5.32 Å². The highest BCUT2D eigenvalue weighted by atomic mass is 16.5. The van der Waals surface area contributed by atoms with Gasteiger partial charge in [0.2, 0.25) is 0 Å². The van der Waals surface area contributed by atoms with Gasteiger partial charge < -0.3 is 10.1 Å². The third-order valence-electron chi connectivity index (χ3n) is 3.76. The molecule has 1 unspecified atom stereocenters. The maximum absolute atomic E-state index is 5.61. The Balaban J connectivity index is 2.41. The normalized spacial score (nSPS) is 22.6. The van der Waals surface area contributed by atoms with Gasteiger partial charge in [-0.05, 0) is 5.92 Å². The van der Waals surface area contributed by atoms with Crippen LogP contribution in [0.25, 0.3) is 0 Å². The van der Waals surface area contributed by atoms with Crippen molar-refractivity contribution in [2.24, 2.45) is 5.92 Å². The average molecular weight is 242 g/mol. The van der Waals surface area contributed by atoms with E-state index in [4.69, 9.17) is 4.74 Å². The van der Waals surface area contributed by atoms with Crippen molar-refractivity contribution in [1.29, 1.82) is 0 Å². The van der Waals surface area contributed by atoms with Crippen molar-refractivity contribution in [1.82, 2.24) is 10.2 Å². The summed E-state index contributed by atoms with van der Waals surface area (Å²) in [5, 5.41) is 3.53. The molecule has 1 atom stereocenters. The molecule has 0 aromatic carbocycles. The fourth-order valence-electron chi connectivity index (χ4n) is 2.37. The molecule has 0 radical (unpaired) electrons. The van der Waals surface area contributed by atoms with E-state index in [1.54, 1.807) is 0 Å². The maximum atomic E-state index is 5.61. The minimum atomic E-state index is 0.562. The first kappa shape index (κ1) is 14.9. The second kappa shape index (κ2) is 8.06. The lowest BCUT2D eigenvalue weighted by Gasteiger charge is -2.38. The molecule has 1 N–H and O–H groups in total. The Morgan fingerprint density at radius 3 is 2.59 bits per heavy atom. The van der Waals surface area contributed by atoms with Crippen molar-refractivity contribution in [3.8, 4) is 0 Å². The van der Waals surface area contributed by atoms with E-state index in [9.17, 15) is 0 Å². The summed E-state index contributed by atoms with van der Waals surface area (Å²) in [6, 6.07) is 1.12. The number of nitrogens with zero attached hydrogens (tertiary/aromatic N) is 1. The summed E-state index contributed by atoms with van der Waals surface area (Å²) in [5.74, 6) is 0.842. The van der Waals surface area contributed by atoms with Crippen molar-refractivity contribution in [3.63, 3.8) is 0 Å². The molecule has 1 aliphatic rings. The van der Waals surface area contributed by atoms with Gasteiger partial charge >= 0.3 is 0 Å². The van der Waals surface area contributed by atoms with Crippen molar-refractivity contribution < 1.29 is 4.74 Å². The van der Waals surface area contributed by atoms with E-state index in [-0.39, 0.29) is 0 Å². The van der Waals surface area contributed by atoms with E-state index in [2.05, 4.69) is 37.9 Å². The molecule has 0 amide bonds. The van der Waals surface area contributed by atoms with Crippen molar-refractivity contribution in [2.75, 3.05) is 32.8 Å². The van der Waals surface area contributed by atoms with Crippen molar-refractivity contribution in [3.05, 3.63) is 0 Å². The zero-order chi connectivity index (χ0) is 12.7. The minimum Gasteiger partial charge on any atom is -0.378 e. The molecule has 0 spiro atoms. The van der Waals surface area contributed by atoms with Gasteiger partial charge in [0.15, 0.2) is 0 Å². The highest BCUT2D eigenvalue weighted by Crippen LogP contribution is 2.14. The van der Waals surface area contributed by atoms with Crippen LogP contribution in [-0.2, 0) is 4.74 Å². The first-order valence-corrected chi connectivity index (χ1v) is 7.22. The van der Waals surface area contributed by atoms with Gasteiger partial charge in [0.05, 0.1) is 13.2 Å². The van der Waals surface area contributed by atoms with Crippen LogP contribution in [0, 0.1) is 5.92 Å². The molecule has 1 rings (SSSR count). The summed E-state index contributed by atoms with van der Waals surface area (Å²) in [5.41, 5.74) is 0. The highest BCUT2D eigenvalue weighted by molar-refractivity contribution is 4.79. The zero-order valence-corrected chi connectivity index (χ0v) is 12.0. The van der Waals surface area contributed by atoms with Gasteiger partial charge in [-0.15, -0.1) is 0 Å². The summed E-state index contributed by atoms with van der Waals surface area (Å²) in [4.78, 5) is 2.62. The largest absolute Gasteiger partial charge is 0.378 e. The van der Waals surface area contributed by atoms with E-state index < -0.39 is 0 Å². The van der Waals surface area contributed by atoms with Crippen LogP contribution in [0.2, 0.25) is 0 Å². The minimum absolute atomic E-state index is 0.562. The molecule has 1 fully saturated rings. The predicted molar refractivity (Wildman–Crippen MR) is 73.4 cm³/mol. The van der Waals surface area contributed by atoms with Gasteiger partial charge in [-0.3, -0.25) is 4.90 Å². The fourth-order valence-corrected chi connectivity index (χ4v) is 2.37. The van der Waals surface area contributed by atoms with Crippen molar-refractivity contribution in [2.45, 2.75) is 52.6 Å². The van der Waals surface area contributed by atoms with Gasteiger partial charge in [0, 0.05) is 31.7 Å². The number of nitrogens with one attached hydrogen (secondary N) is 1. The van der Waals surface area contributed by atoms with E-state index in [1.165, 1.54) is 19.4 Å². The Morgan fingerprint density at radius 2 is 2.00 bits per heavy atom. The lowest BCUT2D eigenvalue weighted by Crippen LogP contribution is -2.52. The lowest BCUT2D eigenvalue weighted by atomic mass is 10.0. The Kier molecular flexibility index (Phi) is 7.09. The van der Waals surface area contributed by atoms with Gasteiger partial charge in [-0.2, -0.15) is 0 Å². The molecular formula is C14H30N2O. The Hall–Kier alpha value is -0.120. The number of ether oxygens (including phenoxy) is 1. The van der Waals surface area contributed by atoms with Crippen LogP contribution in [0.15, 0.2) is 0 Å². The summed E-state index contributed by atoms with van der Waals surface area (Å²) in [6.07, 6.45) is 2.58. The smallest absolute Gasteiger partial charge is 0.0634 e. The summed E-state index contributed by atoms with van der Waals surface area (Å²) in [7, 11) is 0. The number of hydrogen-bond acceptors (Lipinski definition) is 3. The lowest BCUT2D eigenvalue weighted by molar-refractivity contribution is -0.0146. The molecule has 1 saturated heterocycles. The average Bonchev–Trinajstić information content (AvgIpc) is 2.34. The number of rotatable bonds is 7. The molecular weight excluding hydrogens is 212 g/mol. The van der Waals surface area contributed by atoms with E-state index in [1.807, 2.05) is 0 Å². The summed E-state index contributed by atoms with van der Waals surface area (Å²) >= 11 is 0. The van der Waals surface area contributed by atoms with Crippen LogP contribution in [0.5, 0.6) is 0 Å². The standard InChI is InChI=1S/C14H30N2O/c1-5-13(6-2)10-16-7-8-17-11-14(16)9-15-12(3)4/h12-15H,5-11H2,1-4H3. The second-order valence-corrected chi connectivity index (χ2v) is 5.47. The SMILES string of the molecule is CCC(CC)CN1CCOCC1CNC(C)C. The second-order valence-electron chi connectivity index (χ2n) is 5.47. The quantitative estimate of drug-likeness (QED) is 0.740. The van der Waals surface area contributed by atoms with Crippen LogP contribution >= 0.6 is 0 Å². The van der Waals surface area contributed by atoms with Gasteiger partial charge in [-0.25, -0.2) is 0 Å². The monoisotopic (exact) mass is 242 g/mol.